The van der Waals surface area contributed by atoms with Gasteiger partial charge in [0.15, 0.2) is 0 Å². The summed E-state index contributed by atoms with van der Waals surface area (Å²) in [4.78, 5) is 4.37. The van der Waals surface area contributed by atoms with E-state index in [1.165, 1.54) is 0 Å². The Hall–Kier alpha value is -2.21. The molecule has 1 aromatic carbocycles. The second-order valence-electron chi connectivity index (χ2n) is 7.66. The Kier molecular flexibility index (Phi) is 4.56. The molecular weight excluding hydrogens is 287 g/mol. The Balaban J connectivity index is 2.34. The molecule has 0 bridgehead atoms. The summed E-state index contributed by atoms with van der Waals surface area (Å²) in [5.74, 6) is -0.181. The van der Waals surface area contributed by atoms with Crippen LogP contribution in [0.2, 0.25) is 0 Å². The maximum absolute atomic E-state index is 14.3. The highest BCUT2D eigenvalue weighted by molar-refractivity contribution is 5.33. The number of nitrogens with zero attached hydrogens (tertiary/aromatic N) is 2. The molecule has 3 heteroatoms. The van der Waals surface area contributed by atoms with Crippen LogP contribution in [-0.4, -0.2) is 4.98 Å². The molecule has 0 fully saturated rings. The third-order valence-electron chi connectivity index (χ3n) is 4.13. The Labute approximate surface area is 138 Å². The molecule has 0 aliphatic rings. The van der Waals surface area contributed by atoms with Gasteiger partial charge in [0.2, 0.25) is 0 Å². The molecule has 0 aliphatic heterocycles. The minimum atomic E-state index is -0.314. The number of benzene rings is 1. The standard InChI is InChI=1S/C20H23FN2/c1-19(2,3)16-7-8-17(21)15(10-16)11-20(4,5)18-9-6-14(12-22)13-23-18/h6-10,13H,11H2,1-5H3. The number of hydrogen-bond acceptors (Lipinski definition) is 2. The summed E-state index contributed by atoms with van der Waals surface area (Å²) in [7, 11) is 0. The SMILES string of the molecule is CC(C)(C)c1ccc(F)c(CC(C)(C)c2ccc(C#N)cn2)c1. The van der Waals surface area contributed by atoms with Gasteiger partial charge in [-0.25, -0.2) is 4.39 Å². The highest BCUT2D eigenvalue weighted by atomic mass is 19.1. The van der Waals surface area contributed by atoms with Crippen molar-refractivity contribution in [3.05, 3.63) is 64.7 Å². The molecule has 2 nitrogen and oxygen atoms in total. The van der Waals surface area contributed by atoms with E-state index >= 15 is 0 Å². The first-order chi connectivity index (χ1) is 10.6. The molecule has 0 atom stereocenters. The lowest BCUT2D eigenvalue weighted by Gasteiger charge is -2.26. The van der Waals surface area contributed by atoms with Crippen molar-refractivity contribution < 1.29 is 4.39 Å². The lowest BCUT2D eigenvalue weighted by atomic mass is 9.79. The Bertz CT molecular complexity index is 732. The van der Waals surface area contributed by atoms with Gasteiger partial charge >= 0.3 is 0 Å². The predicted molar refractivity (Wildman–Crippen MR) is 90.8 cm³/mol. The van der Waals surface area contributed by atoms with Crippen molar-refractivity contribution in [3.63, 3.8) is 0 Å². The summed E-state index contributed by atoms with van der Waals surface area (Å²) >= 11 is 0. The van der Waals surface area contributed by atoms with Crippen molar-refractivity contribution in [3.8, 4) is 6.07 Å². The summed E-state index contributed by atoms with van der Waals surface area (Å²) in [6.07, 6.45) is 2.13. The van der Waals surface area contributed by atoms with Crippen LogP contribution in [0.25, 0.3) is 0 Å². The van der Waals surface area contributed by atoms with Crippen LogP contribution in [0.3, 0.4) is 0 Å². The molecular formula is C20H23FN2. The number of hydrogen-bond donors (Lipinski definition) is 0. The molecule has 1 aromatic heterocycles. The maximum Gasteiger partial charge on any atom is 0.126 e. The minimum absolute atomic E-state index is 0.0146. The molecule has 0 N–H and O–H groups in total. The van der Waals surface area contributed by atoms with Crippen molar-refractivity contribution in [1.29, 1.82) is 5.26 Å². The van der Waals surface area contributed by atoms with Gasteiger partial charge in [-0.1, -0.05) is 46.8 Å². The molecule has 0 amide bonds. The van der Waals surface area contributed by atoms with Gasteiger partial charge in [0.05, 0.1) is 5.56 Å². The summed E-state index contributed by atoms with van der Waals surface area (Å²) in [6.45, 7) is 10.5. The number of aromatic nitrogens is 1. The van der Waals surface area contributed by atoms with Gasteiger partial charge in [-0.15, -0.1) is 0 Å². The van der Waals surface area contributed by atoms with Crippen molar-refractivity contribution >= 4 is 0 Å². The van der Waals surface area contributed by atoms with E-state index in [0.29, 0.717) is 17.5 Å². The Morgan fingerprint density at radius 1 is 1.09 bits per heavy atom. The summed E-state index contributed by atoms with van der Waals surface area (Å²) in [5, 5.41) is 8.87. The van der Waals surface area contributed by atoms with Crippen LogP contribution in [0, 0.1) is 17.1 Å². The van der Waals surface area contributed by atoms with Crippen LogP contribution >= 0.6 is 0 Å². The molecule has 0 spiro atoms. The Morgan fingerprint density at radius 2 is 1.78 bits per heavy atom. The quantitative estimate of drug-likeness (QED) is 0.807. The summed E-state index contributed by atoms with van der Waals surface area (Å²) in [5.41, 5.74) is 2.89. The average Bonchev–Trinajstić information content (AvgIpc) is 2.48. The van der Waals surface area contributed by atoms with Crippen LogP contribution in [0.1, 0.15) is 57.0 Å². The first-order valence-corrected chi connectivity index (χ1v) is 7.79. The van der Waals surface area contributed by atoms with Gasteiger partial charge < -0.3 is 0 Å². The summed E-state index contributed by atoms with van der Waals surface area (Å²) in [6, 6.07) is 11.0. The lowest BCUT2D eigenvalue weighted by Crippen LogP contribution is -2.23. The van der Waals surface area contributed by atoms with Crippen LogP contribution in [-0.2, 0) is 17.3 Å². The van der Waals surface area contributed by atoms with E-state index < -0.39 is 0 Å². The zero-order chi connectivity index (χ0) is 17.3. The van der Waals surface area contributed by atoms with Crippen LogP contribution < -0.4 is 0 Å². The zero-order valence-corrected chi connectivity index (χ0v) is 14.4. The van der Waals surface area contributed by atoms with Crippen LogP contribution in [0.4, 0.5) is 4.39 Å². The lowest BCUT2D eigenvalue weighted by molar-refractivity contribution is 0.485. The topological polar surface area (TPSA) is 36.7 Å². The highest BCUT2D eigenvalue weighted by Gasteiger charge is 2.25. The average molecular weight is 310 g/mol. The van der Waals surface area contributed by atoms with Crippen molar-refractivity contribution in [1.82, 2.24) is 4.98 Å². The molecule has 0 aliphatic carbocycles. The third kappa shape index (κ3) is 3.96. The van der Waals surface area contributed by atoms with E-state index in [9.17, 15) is 4.39 Å². The molecule has 120 valence electrons. The molecule has 0 unspecified atom stereocenters. The number of rotatable bonds is 3. The maximum atomic E-state index is 14.3. The van der Waals surface area contributed by atoms with Gasteiger partial charge in [-0.3, -0.25) is 4.98 Å². The third-order valence-corrected chi connectivity index (χ3v) is 4.13. The van der Waals surface area contributed by atoms with Gasteiger partial charge in [0.1, 0.15) is 11.9 Å². The second kappa shape index (κ2) is 6.12. The van der Waals surface area contributed by atoms with Gasteiger partial charge in [-0.05, 0) is 41.2 Å². The smallest absolute Gasteiger partial charge is 0.126 e. The number of pyridine rings is 1. The molecule has 1 heterocycles. The van der Waals surface area contributed by atoms with E-state index in [2.05, 4.69) is 31.8 Å². The normalized spacial score (nSPS) is 12.0. The van der Waals surface area contributed by atoms with E-state index in [0.717, 1.165) is 11.3 Å². The first kappa shape index (κ1) is 17.1. The van der Waals surface area contributed by atoms with Gasteiger partial charge in [-0.2, -0.15) is 5.26 Å². The number of nitriles is 1. The van der Waals surface area contributed by atoms with Gasteiger partial charge in [0.25, 0.3) is 0 Å². The van der Waals surface area contributed by atoms with Crippen molar-refractivity contribution in [2.45, 2.75) is 51.9 Å². The van der Waals surface area contributed by atoms with E-state index in [-0.39, 0.29) is 16.6 Å². The first-order valence-electron chi connectivity index (χ1n) is 7.79. The fourth-order valence-corrected chi connectivity index (χ4v) is 2.60. The second-order valence-corrected chi connectivity index (χ2v) is 7.66. The summed E-state index contributed by atoms with van der Waals surface area (Å²) < 4.78 is 14.3. The predicted octanol–water partition coefficient (Wildman–Crippen LogP) is 4.91. The minimum Gasteiger partial charge on any atom is -0.259 e. The highest BCUT2D eigenvalue weighted by Crippen LogP contribution is 2.30. The molecule has 0 saturated heterocycles. The number of halogens is 1. The fourth-order valence-electron chi connectivity index (χ4n) is 2.60. The van der Waals surface area contributed by atoms with E-state index in [1.54, 1.807) is 18.3 Å². The van der Waals surface area contributed by atoms with Gasteiger partial charge in [0, 0.05) is 17.3 Å². The zero-order valence-electron chi connectivity index (χ0n) is 14.4. The Morgan fingerprint density at radius 3 is 2.30 bits per heavy atom. The van der Waals surface area contributed by atoms with E-state index in [1.807, 2.05) is 32.0 Å². The van der Waals surface area contributed by atoms with Crippen LogP contribution in [0.5, 0.6) is 0 Å². The van der Waals surface area contributed by atoms with Crippen molar-refractivity contribution in [2.24, 2.45) is 0 Å². The molecule has 2 aromatic rings. The largest absolute Gasteiger partial charge is 0.259 e. The molecule has 0 saturated carbocycles. The monoisotopic (exact) mass is 310 g/mol. The fraction of sp³-hybridized carbons (Fsp3) is 0.400. The van der Waals surface area contributed by atoms with E-state index in [4.69, 9.17) is 5.26 Å². The van der Waals surface area contributed by atoms with Crippen LogP contribution in [0.15, 0.2) is 36.5 Å². The molecule has 2 rings (SSSR count). The molecule has 23 heavy (non-hydrogen) atoms. The van der Waals surface area contributed by atoms with Crippen molar-refractivity contribution in [2.75, 3.05) is 0 Å². The molecule has 0 radical (unpaired) electrons.